The number of carbonyl (C=O) groups is 2. The summed E-state index contributed by atoms with van der Waals surface area (Å²) in [5.74, 6) is -1.60. The van der Waals surface area contributed by atoms with Crippen LogP contribution < -0.4 is 0 Å². The van der Waals surface area contributed by atoms with Crippen LogP contribution in [-0.2, 0) is 18.9 Å². The van der Waals surface area contributed by atoms with Crippen molar-refractivity contribution >= 4 is 19.3 Å². The molecule has 1 N–H and O–H groups in total. The summed E-state index contributed by atoms with van der Waals surface area (Å²) in [5, 5.41) is 9.42. The smallest absolute Gasteiger partial charge is 0.446 e. The lowest BCUT2D eigenvalue weighted by Crippen LogP contribution is -2.08. The first kappa shape index (κ1) is 15.2. The van der Waals surface area contributed by atoms with Gasteiger partial charge in [0.15, 0.2) is 0 Å². The summed E-state index contributed by atoms with van der Waals surface area (Å²) in [6, 6.07) is 0. The van der Waals surface area contributed by atoms with Gasteiger partial charge in [0.25, 0.3) is 5.85 Å². The Kier molecular flexibility index (Phi) is 7.95. The first-order chi connectivity index (χ1) is 7.52. The summed E-state index contributed by atoms with van der Waals surface area (Å²) in [5.41, 5.74) is -0.566. The fourth-order valence-corrected chi connectivity index (χ4v) is 2.17. The van der Waals surface area contributed by atoms with Crippen molar-refractivity contribution in [3.05, 3.63) is 0 Å². The minimum absolute atomic E-state index is 0.0864. The zero-order valence-electron chi connectivity index (χ0n) is 9.64. The maximum Gasteiger partial charge on any atom is 0.446 e. The van der Waals surface area contributed by atoms with E-state index < -0.39 is 25.1 Å². The molecule has 2 unspecified atom stereocenters. The Bertz CT molecular complexity index is 264. The first-order valence-electron chi connectivity index (χ1n) is 5.27. The summed E-state index contributed by atoms with van der Waals surface area (Å²) >= 11 is 0. The summed E-state index contributed by atoms with van der Waals surface area (Å²) in [7, 11) is -1.07. The molecule has 92 valence electrons. The van der Waals surface area contributed by atoms with Crippen LogP contribution in [0.2, 0.25) is 0 Å². The Morgan fingerprint density at radius 1 is 1.38 bits per heavy atom. The van der Waals surface area contributed by atoms with Gasteiger partial charge >= 0.3 is 19.3 Å². The van der Waals surface area contributed by atoms with Crippen LogP contribution in [0.1, 0.15) is 39.0 Å². The van der Waals surface area contributed by atoms with Crippen molar-refractivity contribution < 1.29 is 24.0 Å². The third-order valence-electron chi connectivity index (χ3n) is 2.10. The van der Waals surface area contributed by atoms with E-state index in [0.29, 0.717) is 6.42 Å². The number of methoxy groups -OCH3 is 1. The zero-order valence-corrected chi connectivity index (χ0v) is 10.5. The van der Waals surface area contributed by atoms with Crippen molar-refractivity contribution in [2.75, 3.05) is 7.11 Å². The van der Waals surface area contributed by atoms with Crippen LogP contribution in [0.25, 0.3) is 0 Å². The SMILES string of the molecule is CCCCC(O)[P+](=O)C(=O)CCC(=O)OC. The Balaban J connectivity index is 3.98. The summed E-state index contributed by atoms with van der Waals surface area (Å²) < 4.78 is 15.8. The van der Waals surface area contributed by atoms with Crippen molar-refractivity contribution in [1.82, 2.24) is 0 Å². The monoisotopic (exact) mass is 249 g/mol. The van der Waals surface area contributed by atoms with E-state index in [1.807, 2.05) is 6.92 Å². The average molecular weight is 249 g/mol. The molecular weight excluding hydrogens is 231 g/mol. The van der Waals surface area contributed by atoms with Crippen LogP contribution in [-0.4, -0.2) is 29.6 Å². The molecule has 0 aromatic heterocycles. The first-order valence-corrected chi connectivity index (χ1v) is 6.59. The van der Waals surface area contributed by atoms with Gasteiger partial charge in [-0.15, -0.1) is 0 Å². The van der Waals surface area contributed by atoms with Crippen LogP contribution in [0.5, 0.6) is 0 Å². The van der Waals surface area contributed by atoms with Gasteiger partial charge in [0, 0.05) is 6.42 Å². The van der Waals surface area contributed by atoms with Gasteiger partial charge in [-0.25, -0.2) is 4.79 Å². The molecule has 6 heteroatoms. The number of carbonyl (C=O) groups excluding carboxylic acids is 2. The van der Waals surface area contributed by atoms with Crippen LogP contribution >= 0.6 is 7.80 Å². The zero-order chi connectivity index (χ0) is 12.6. The predicted molar refractivity (Wildman–Crippen MR) is 59.4 cm³/mol. The van der Waals surface area contributed by atoms with Gasteiger partial charge in [-0.1, -0.05) is 17.9 Å². The van der Waals surface area contributed by atoms with E-state index in [2.05, 4.69) is 4.74 Å². The van der Waals surface area contributed by atoms with Crippen LogP contribution in [0.4, 0.5) is 0 Å². The standard InChI is InChI=1S/C10H18O5P/c1-3-4-5-9(12)16(14)10(13)7-6-8(11)15-2/h9,12H,3-7H2,1-2H3/q+1. The molecule has 0 radical (unpaired) electrons. The lowest BCUT2D eigenvalue weighted by atomic mass is 10.3. The van der Waals surface area contributed by atoms with E-state index >= 15 is 0 Å². The van der Waals surface area contributed by atoms with Gasteiger partial charge in [0.1, 0.15) is 0 Å². The molecule has 0 aliphatic rings. The molecule has 0 spiro atoms. The predicted octanol–water partition coefficient (Wildman–Crippen LogP) is 1.80. The average Bonchev–Trinajstić information content (AvgIpc) is 2.31. The molecule has 0 rings (SSSR count). The number of hydrogen-bond acceptors (Lipinski definition) is 5. The minimum atomic E-state index is -2.29. The fourth-order valence-electron chi connectivity index (χ4n) is 1.09. The highest BCUT2D eigenvalue weighted by molar-refractivity contribution is 7.64. The second-order valence-corrected chi connectivity index (χ2v) is 5.16. The molecule has 0 saturated carbocycles. The van der Waals surface area contributed by atoms with Crippen LogP contribution in [0, 0.1) is 0 Å². The summed E-state index contributed by atoms with van der Waals surface area (Å²) in [4.78, 5) is 22.1. The van der Waals surface area contributed by atoms with Gasteiger partial charge in [-0.05, 0) is 6.42 Å². The molecule has 0 heterocycles. The number of hydrogen-bond donors (Lipinski definition) is 1. The second kappa shape index (κ2) is 8.36. The molecule has 2 atom stereocenters. The Labute approximate surface area is 96.0 Å². The largest absolute Gasteiger partial charge is 0.469 e. The molecule has 16 heavy (non-hydrogen) atoms. The van der Waals surface area contributed by atoms with Crippen molar-refractivity contribution in [3.8, 4) is 0 Å². The summed E-state index contributed by atoms with van der Waals surface area (Å²) in [6.07, 6.45) is 1.74. The van der Waals surface area contributed by atoms with Gasteiger partial charge in [-0.3, -0.25) is 4.79 Å². The number of unbranched alkanes of at least 4 members (excludes halogenated alkanes) is 1. The quantitative estimate of drug-likeness (QED) is 0.524. The highest BCUT2D eigenvalue weighted by atomic mass is 31.1. The van der Waals surface area contributed by atoms with E-state index in [-0.39, 0.29) is 12.8 Å². The van der Waals surface area contributed by atoms with Crippen molar-refractivity contribution in [3.63, 3.8) is 0 Å². The van der Waals surface area contributed by atoms with Gasteiger partial charge < -0.3 is 9.84 Å². The van der Waals surface area contributed by atoms with Gasteiger partial charge in [-0.2, -0.15) is 0 Å². The number of rotatable bonds is 8. The number of aliphatic hydroxyl groups is 1. The lowest BCUT2D eigenvalue weighted by Gasteiger charge is -1.98. The number of esters is 1. The minimum Gasteiger partial charge on any atom is -0.469 e. The van der Waals surface area contributed by atoms with Gasteiger partial charge in [0.2, 0.25) is 0 Å². The Hall–Kier alpha value is -0.800. The fraction of sp³-hybridized carbons (Fsp3) is 0.800. The van der Waals surface area contributed by atoms with Gasteiger partial charge in [0.05, 0.1) is 20.0 Å². The molecule has 0 aliphatic carbocycles. The van der Waals surface area contributed by atoms with Crippen LogP contribution in [0.15, 0.2) is 0 Å². The van der Waals surface area contributed by atoms with Crippen molar-refractivity contribution in [2.24, 2.45) is 0 Å². The van der Waals surface area contributed by atoms with E-state index in [1.165, 1.54) is 7.11 Å². The Morgan fingerprint density at radius 2 is 2.00 bits per heavy atom. The van der Waals surface area contributed by atoms with E-state index in [0.717, 1.165) is 12.8 Å². The molecule has 0 bridgehead atoms. The molecule has 0 aromatic carbocycles. The third-order valence-corrected chi connectivity index (χ3v) is 3.62. The van der Waals surface area contributed by atoms with Crippen molar-refractivity contribution in [1.29, 1.82) is 0 Å². The highest BCUT2D eigenvalue weighted by Gasteiger charge is 2.36. The third kappa shape index (κ3) is 5.93. The topological polar surface area (TPSA) is 80.7 Å². The second-order valence-electron chi connectivity index (χ2n) is 3.42. The van der Waals surface area contributed by atoms with Crippen molar-refractivity contribution in [2.45, 2.75) is 44.9 Å². The molecule has 0 aliphatic heterocycles. The molecular formula is C10H18O5P+. The van der Waals surface area contributed by atoms with E-state index in [4.69, 9.17) is 0 Å². The molecule has 0 saturated heterocycles. The van der Waals surface area contributed by atoms with E-state index in [9.17, 15) is 19.3 Å². The number of ether oxygens (including phenoxy) is 1. The number of aliphatic hydroxyl groups excluding tert-OH is 1. The molecule has 0 amide bonds. The normalized spacial score (nSPS) is 13.1. The maximum absolute atomic E-state index is 11.4. The summed E-state index contributed by atoms with van der Waals surface area (Å²) in [6.45, 7) is 1.94. The molecule has 5 nitrogen and oxygen atoms in total. The molecule has 0 aromatic rings. The Morgan fingerprint density at radius 3 is 2.50 bits per heavy atom. The lowest BCUT2D eigenvalue weighted by molar-refractivity contribution is -0.141. The van der Waals surface area contributed by atoms with E-state index in [1.54, 1.807) is 0 Å². The van der Waals surface area contributed by atoms with Crippen LogP contribution in [0.3, 0.4) is 0 Å². The maximum atomic E-state index is 11.4. The molecule has 0 fully saturated rings. The highest BCUT2D eigenvalue weighted by Crippen LogP contribution is 2.32.